The van der Waals surface area contributed by atoms with Gasteiger partial charge in [0.05, 0.1) is 0 Å². The summed E-state index contributed by atoms with van der Waals surface area (Å²) in [5, 5.41) is 2.82. The van der Waals surface area contributed by atoms with Crippen LogP contribution in [0.3, 0.4) is 0 Å². The van der Waals surface area contributed by atoms with E-state index in [4.69, 9.17) is 0 Å². The molecule has 34 heavy (non-hydrogen) atoms. The fraction of sp³-hybridized carbons (Fsp3) is 0.179. The molecule has 172 valence electrons. The Morgan fingerprint density at radius 2 is 1.32 bits per heavy atom. The second-order valence-corrected chi connectivity index (χ2v) is 8.17. The Balaban J connectivity index is 1.47. The van der Waals surface area contributed by atoms with Crippen LogP contribution in [0.15, 0.2) is 90.6 Å². The Hall–Kier alpha value is -4.19. The van der Waals surface area contributed by atoms with Gasteiger partial charge in [0.1, 0.15) is 5.70 Å². The molecule has 6 nitrogen and oxygen atoms in total. The van der Waals surface area contributed by atoms with Crippen LogP contribution in [-0.2, 0) is 4.79 Å². The van der Waals surface area contributed by atoms with E-state index in [1.54, 1.807) is 42.2 Å². The number of nitrogens with one attached hydrogen (secondary N) is 1. The maximum Gasteiger partial charge on any atom is 0.270 e. The molecule has 1 aliphatic heterocycles. The second-order valence-electron chi connectivity index (χ2n) is 8.17. The number of hydrogen-bond donors (Lipinski definition) is 1. The SMILES string of the molecule is CC(=O)c1ccc(N2CCN(C(=O)C(=Cc3ccccc3)NC(=O)c3ccccc3)CC2)cc1. The van der Waals surface area contributed by atoms with E-state index >= 15 is 0 Å². The molecule has 1 aliphatic rings. The number of benzene rings is 3. The number of carbonyl (C=O) groups is 3. The van der Waals surface area contributed by atoms with Crippen LogP contribution in [0.25, 0.3) is 6.08 Å². The number of Topliss-reactive ketones (excluding diaryl/α,β-unsaturated/α-hetero) is 1. The first kappa shape index (κ1) is 23.0. The first-order valence-electron chi connectivity index (χ1n) is 11.3. The van der Waals surface area contributed by atoms with Gasteiger partial charge in [0, 0.05) is 43.0 Å². The van der Waals surface area contributed by atoms with Gasteiger partial charge in [0.15, 0.2) is 5.78 Å². The van der Waals surface area contributed by atoms with E-state index < -0.39 is 0 Å². The Morgan fingerprint density at radius 1 is 0.735 bits per heavy atom. The van der Waals surface area contributed by atoms with Gasteiger partial charge in [-0.1, -0.05) is 48.5 Å². The highest BCUT2D eigenvalue weighted by molar-refractivity contribution is 6.05. The van der Waals surface area contributed by atoms with Crippen LogP contribution in [0.4, 0.5) is 5.69 Å². The zero-order valence-corrected chi connectivity index (χ0v) is 19.1. The van der Waals surface area contributed by atoms with Crippen LogP contribution in [0.2, 0.25) is 0 Å². The highest BCUT2D eigenvalue weighted by Crippen LogP contribution is 2.19. The molecule has 0 radical (unpaired) electrons. The van der Waals surface area contributed by atoms with E-state index in [-0.39, 0.29) is 23.3 Å². The normalized spacial score (nSPS) is 14.0. The predicted molar refractivity (Wildman–Crippen MR) is 134 cm³/mol. The summed E-state index contributed by atoms with van der Waals surface area (Å²) in [7, 11) is 0. The van der Waals surface area contributed by atoms with Crippen molar-refractivity contribution >= 4 is 29.4 Å². The Labute approximate surface area is 199 Å². The van der Waals surface area contributed by atoms with Crippen molar-refractivity contribution in [2.45, 2.75) is 6.92 Å². The highest BCUT2D eigenvalue weighted by atomic mass is 16.2. The molecule has 0 spiro atoms. The van der Waals surface area contributed by atoms with E-state index in [9.17, 15) is 14.4 Å². The zero-order chi connectivity index (χ0) is 23.9. The lowest BCUT2D eigenvalue weighted by Gasteiger charge is -2.36. The summed E-state index contributed by atoms with van der Waals surface area (Å²) in [6, 6.07) is 25.9. The first-order valence-corrected chi connectivity index (χ1v) is 11.3. The summed E-state index contributed by atoms with van der Waals surface area (Å²) < 4.78 is 0. The van der Waals surface area contributed by atoms with Crippen LogP contribution < -0.4 is 10.2 Å². The van der Waals surface area contributed by atoms with Crippen LogP contribution in [0.1, 0.15) is 33.2 Å². The van der Waals surface area contributed by atoms with Gasteiger partial charge < -0.3 is 15.1 Å². The Kier molecular flexibility index (Phi) is 7.18. The van der Waals surface area contributed by atoms with Gasteiger partial charge in [-0.25, -0.2) is 0 Å². The van der Waals surface area contributed by atoms with Gasteiger partial charge >= 0.3 is 0 Å². The second kappa shape index (κ2) is 10.6. The topological polar surface area (TPSA) is 69.7 Å². The van der Waals surface area contributed by atoms with Crippen molar-refractivity contribution in [3.63, 3.8) is 0 Å². The predicted octanol–water partition coefficient (Wildman–Crippen LogP) is 4.01. The van der Waals surface area contributed by atoms with E-state index in [0.717, 1.165) is 11.3 Å². The molecule has 0 atom stereocenters. The fourth-order valence-electron chi connectivity index (χ4n) is 3.90. The van der Waals surface area contributed by atoms with Gasteiger partial charge in [0.25, 0.3) is 11.8 Å². The number of ketones is 1. The van der Waals surface area contributed by atoms with Crippen molar-refractivity contribution in [3.8, 4) is 0 Å². The number of hydrogen-bond acceptors (Lipinski definition) is 4. The number of rotatable bonds is 6. The zero-order valence-electron chi connectivity index (χ0n) is 19.1. The quantitative estimate of drug-likeness (QED) is 0.452. The summed E-state index contributed by atoms with van der Waals surface area (Å²) in [6.07, 6.45) is 1.72. The third-order valence-electron chi connectivity index (χ3n) is 5.83. The van der Waals surface area contributed by atoms with E-state index in [0.29, 0.717) is 37.3 Å². The van der Waals surface area contributed by atoms with Gasteiger partial charge in [-0.05, 0) is 55.0 Å². The molecule has 3 aromatic rings. The smallest absolute Gasteiger partial charge is 0.270 e. The minimum Gasteiger partial charge on any atom is -0.368 e. The maximum atomic E-state index is 13.4. The molecule has 0 saturated carbocycles. The molecule has 0 bridgehead atoms. The van der Waals surface area contributed by atoms with Crippen LogP contribution in [0.5, 0.6) is 0 Å². The summed E-state index contributed by atoms with van der Waals surface area (Å²) in [6.45, 7) is 3.94. The number of nitrogens with zero attached hydrogens (tertiary/aromatic N) is 2. The summed E-state index contributed by atoms with van der Waals surface area (Å²) in [5.74, 6) is -0.489. The number of piperazine rings is 1. The van der Waals surface area contributed by atoms with Crippen molar-refractivity contribution in [1.82, 2.24) is 10.2 Å². The average Bonchev–Trinajstić information content (AvgIpc) is 2.89. The van der Waals surface area contributed by atoms with E-state index in [1.165, 1.54) is 0 Å². The van der Waals surface area contributed by atoms with Crippen LogP contribution in [-0.4, -0.2) is 48.7 Å². The van der Waals surface area contributed by atoms with Gasteiger partial charge in [-0.3, -0.25) is 14.4 Å². The van der Waals surface area contributed by atoms with Crippen molar-refractivity contribution in [2.24, 2.45) is 0 Å². The molecular weight excluding hydrogens is 426 g/mol. The molecule has 2 amide bonds. The summed E-state index contributed by atoms with van der Waals surface area (Å²) in [5.41, 5.74) is 3.28. The molecule has 4 rings (SSSR count). The minimum atomic E-state index is -0.319. The average molecular weight is 454 g/mol. The van der Waals surface area contributed by atoms with Gasteiger partial charge in [0.2, 0.25) is 0 Å². The maximum absolute atomic E-state index is 13.4. The number of amides is 2. The van der Waals surface area contributed by atoms with E-state index in [2.05, 4.69) is 10.2 Å². The molecule has 0 unspecified atom stereocenters. The van der Waals surface area contributed by atoms with Crippen molar-refractivity contribution in [2.75, 3.05) is 31.1 Å². The van der Waals surface area contributed by atoms with Crippen molar-refractivity contribution in [3.05, 3.63) is 107 Å². The van der Waals surface area contributed by atoms with Crippen molar-refractivity contribution in [1.29, 1.82) is 0 Å². The summed E-state index contributed by atoms with van der Waals surface area (Å²) >= 11 is 0. The molecule has 0 aliphatic carbocycles. The van der Waals surface area contributed by atoms with Crippen LogP contribution in [0, 0.1) is 0 Å². The lowest BCUT2D eigenvalue weighted by molar-refractivity contribution is -0.127. The first-order chi connectivity index (χ1) is 16.5. The molecule has 0 aromatic heterocycles. The molecule has 1 N–H and O–H groups in total. The molecule has 1 fully saturated rings. The molecule has 3 aromatic carbocycles. The molecule has 1 saturated heterocycles. The Morgan fingerprint density at radius 3 is 1.91 bits per heavy atom. The van der Waals surface area contributed by atoms with E-state index in [1.807, 2.05) is 60.7 Å². The highest BCUT2D eigenvalue weighted by Gasteiger charge is 2.25. The molecule has 6 heteroatoms. The summed E-state index contributed by atoms with van der Waals surface area (Å²) in [4.78, 5) is 41.7. The lowest BCUT2D eigenvalue weighted by Crippen LogP contribution is -2.50. The van der Waals surface area contributed by atoms with Crippen LogP contribution >= 0.6 is 0 Å². The number of carbonyl (C=O) groups excluding carboxylic acids is 3. The Bertz CT molecular complexity index is 1180. The standard InChI is InChI=1S/C28H27N3O3/c1-21(32)23-12-14-25(15-13-23)30-16-18-31(19-17-30)28(34)26(20-22-8-4-2-5-9-22)29-27(33)24-10-6-3-7-11-24/h2-15,20H,16-19H2,1H3,(H,29,33). The third kappa shape index (κ3) is 5.59. The van der Waals surface area contributed by atoms with Crippen molar-refractivity contribution < 1.29 is 14.4 Å². The third-order valence-corrected chi connectivity index (χ3v) is 5.83. The van der Waals surface area contributed by atoms with Gasteiger partial charge in [-0.15, -0.1) is 0 Å². The fourth-order valence-corrected chi connectivity index (χ4v) is 3.90. The molecule has 1 heterocycles. The molecular formula is C28H27N3O3. The lowest BCUT2D eigenvalue weighted by atomic mass is 10.1. The van der Waals surface area contributed by atoms with Gasteiger partial charge in [-0.2, -0.15) is 0 Å². The monoisotopic (exact) mass is 453 g/mol. The largest absolute Gasteiger partial charge is 0.368 e. The number of anilines is 1. The minimum absolute atomic E-state index is 0.0391.